The van der Waals surface area contributed by atoms with Gasteiger partial charge in [-0.25, -0.2) is 4.98 Å². The van der Waals surface area contributed by atoms with Crippen LogP contribution in [0.3, 0.4) is 0 Å². The lowest BCUT2D eigenvalue weighted by molar-refractivity contribution is -0.137. The number of carbonyl (C=O) groups excluding carboxylic acids is 1. The van der Waals surface area contributed by atoms with Gasteiger partial charge in [-0.1, -0.05) is 11.6 Å². The minimum atomic E-state index is -4.53. The van der Waals surface area contributed by atoms with Crippen LogP contribution >= 0.6 is 11.6 Å². The molecule has 1 N–H and O–H groups in total. The maximum atomic E-state index is 12.6. The highest BCUT2D eigenvalue weighted by molar-refractivity contribution is 6.33. The van der Waals surface area contributed by atoms with Crippen LogP contribution < -0.4 is 10.9 Å². The third-order valence-electron chi connectivity index (χ3n) is 4.23. The number of nitrogens with one attached hydrogen (secondary N) is 1. The van der Waals surface area contributed by atoms with Crippen LogP contribution in [0, 0.1) is 0 Å². The van der Waals surface area contributed by atoms with Crippen molar-refractivity contribution in [1.82, 2.24) is 19.7 Å². The molecule has 1 atom stereocenters. The largest absolute Gasteiger partial charge is 0.417 e. The summed E-state index contributed by atoms with van der Waals surface area (Å²) >= 11 is 6.10. The third kappa shape index (κ3) is 4.05. The summed E-state index contributed by atoms with van der Waals surface area (Å²) in [5.74, 6) is -0.110. The summed E-state index contributed by atoms with van der Waals surface area (Å²) in [5, 5.41) is 6.76. The lowest BCUT2D eigenvalue weighted by Crippen LogP contribution is -2.41. The van der Waals surface area contributed by atoms with E-state index in [1.54, 1.807) is 11.9 Å². The molecule has 1 amide bonds. The molecular formula is C16H15ClF3N5O2. The number of hydrogen-bond donors (Lipinski definition) is 1. The molecule has 27 heavy (non-hydrogen) atoms. The number of likely N-dealkylation sites (tertiary alicyclic amines) is 1. The minimum Gasteiger partial charge on any atom is -0.379 e. The van der Waals surface area contributed by atoms with Crippen LogP contribution in [0.1, 0.15) is 18.4 Å². The lowest BCUT2D eigenvalue weighted by atomic mass is 10.0. The fraction of sp³-hybridized carbons (Fsp3) is 0.375. The summed E-state index contributed by atoms with van der Waals surface area (Å²) in [7, 11) is 1.71. The number of aromatic nitrogens is 3. The Morgan fingerprint density at radius 2 is 2.00 bits per heavy atom. The van der Waals surface area contributed by atoms with Crippen LogP contribution in [0.4, 0.5) is 18.9 Å². The minimum absolute atomic E-state index is 0.0230. The Hall–Kier alpha value is -2.62. The Labute approximate surface area is 156 Å². The normalized spacial score (nSPS) is 17.9. The first-order chi connectivity index (χ1) is 12.7. The number of alkyl halides is 3. The molecule has 1 fully saturated rings. The van der Waals surface area contributed by atoms with Crippen molar-refractivity contribution in [2.24, 2.45) is 0 Å². The second-order valence-corrected chi connectivity index (χ2v) is 6.52. The zero-order valence-electron chi connectivity index (χ0n) is 14.1. The Bertz CT molecular complexity index is 914. The molecule has 1 aliphatic heterocycles. The van der Waals surface area contributed by atoms with Crippen LogP contribution in [0.5, 0.6) is 0 Å². The average molecular weight is 402 g/mol. The van der Waals surface area contributed by atoms with Crippen LogP contribution in [-0.2, 0) is 11.0 Å². The van der Waals surface area contributed by atoms with Crippen LogP contribution in [0.25, 0.3) is 5.82 Å². The molecule has 144 valence electrons. The second kappa shape index (κ2) is 7.18. The molecular weight excluding hydrogens is 387 g/mol. The van der Waals surface area contributed by atoms with Gasteiger partial charge in [-0.2, -0.15) is 23.0 Å². The molecule has 0 spiro atoms. The smallest absolute Gasteiger partial charge is 0.379 e. The van der Waals surface area contributed by atoms with Gasteiger partial charge >= 0.3 is 6.18 Å². The predicted molar refractivity (Wildman–Crippen MR) is 91.9 cm³/mol. The molecule has 1 unspecified atom stereocenters. The number of hydrogen-bond acceptors (Lipinski definition) is 5. The summed E-state index contributed by atoms with van der Waals surface area (Å²) in [6.45, 7) is 0.577. The predicted octanol–water partition coefficient (Wildman–Crippen LogP) is 2.33. The number of amides is 1. The van der Waals surface area contributed by atoms with Crippen LogP contribution in [0.2, 0.25) is 5.02 Å². The fourth-order valence-electron chi connectivity index (χ4n) is 2.66. The zero-order valence-corrected chi connectivity index (χ0v) is 14.9. The fourth-order valence-corrected chi connectivity index (χ4v) is 2.85. The van der Waals surface area contributed by atoms with E-state index in [0.29, 0.717) is 19.2 Å². The van der Waals surface area contributed by atoms with E-state index in [2.05, 4.69) is 15.4 Å². The van der Waals surface area contributed by atoms with E-state index in [-0.39, 0.29) is 34.9 Å². The van der Waals surface area contributed by atoms with Crippen molar-refractivity contribution in [3.05, 3.63) is 45.5 Å². The SMILES string of the molecule is CN1CCC(Nc2cnn(-c3ccc(C(F)(F)F)cn3)c(=O)c2Cl)CC1=O. The third-order valence-corrected chi connectivity index (χ3v) is 4.60. The van der Waals surface area contributed by atoms with Crippen molar-refractivity contribution in [2.75, 3.05) is 18.9 Å². The quantitative estimate of drug-likeness (QED) is 0.854. The molecule has 0 aliphatic carbocycles. The van der Waals surface area contributed by atoms with E-state index in [9.17, 15) is 22.8 Å². The maximum absolute atomic E-state index is 12.6. The number of halogens is 4. The van der Waals surface area contributed by atoms with E-state index in [1.165, 1.54) is 6.20 Å². The Balaban J connectivity index is 1.83. The van der Waals surface area contributed by atoms with Crippen molar-refractivity contribution in [3.8, 4) is 5.82 Å². The summed E-state index contributed by atoms with van der Waals surface area (Å²) in [6.07, 6.45) is -1.68. The topological polar surface area (TPSA) is 80.1 Å². The van der Waals surface area contributed by atoms with E-state index >= 15 is 0 Å². The van der Waals surface area contributed by atoms with Gasteiger partial charge in [0.25, 0.3) is 5.56 Å². The van der Waals surface area contributed by atoms with Crippen molar-refractivity contribution >= 4 is 23.2 Å². The molecule has 0 saturated carbocycles. The molecule has 1 saturated heterocycles. The number of anilines is 1. The van der Waals surface area contributed by atoms with Crippen LogP contribution in [0.15, 0.2) is 29.3 Å². The second-order valence-electron chi connectivity index (χ2n) is 6.14. The number of nitrogens with zero attached hydrogens (tertiary/aromatic N) is 4. The van der Waals surface area contributed by atoms with Crippen molar-refractivity contribution in [1.29, 1.82) is 0 Å². The van der Waals surface area contributed by atoms with E-state index in [4.69, 9.17) is 11.6 Å². The first-order valence-corrected chi connectivity index (χ1v) is 8.36. The van der Waals surface area contributed by atoms with Gasteiger partial charge < -0.3 is 10.2 Å². The number of piperidine rings is 1. The van der Waals surface area contributed by atoms with Crippen molar-refractivity contribution in [2.45, 2.75) is 25.1 Å². The molecule has 0 bridgehead atoms. The number of pyridine rings is 1. The van der Waals surface area contributed by atoms with Gasteiger partial charge in [0, 0.05) is 32.3 Å². The van der Waals surface area contributed by atoms with Gasteiger partial charge in [0.05, 0.1) is 17.4 Å². The first kappa shape index (κ1) is 19.2. The average Bonchev–Trinajstić information content (AvgIpc) is 2.62. The van der Waals surface area contributed by atoms with E-state index in [1.807, 2.05) is 0 Å². The van der Waals surface area contributed by atoms with Gasteiger partial charge in [-0.15, -0.1) is 0 Å². The van der Waals surface area contributed by atoms with Gasteiger partial charge in [0.1, 0.15) is 5.02 Å². The molecule has 7 nitrogen and oxygen atoms in total. The van der Waals surface area contributed by atoms with Crippen molar-refractivity contribution < 1.29 is 18.0 Å². The number of rotatable bonds is 3. The molecule has 1 aliphatic rings. The van der Waals surface area contributed by atoms with Gasteiger partial charge in [0.2, 0.25) is 5.91 Å². The molecule has 2 aromatic rings. The van der Waals surface area contributed by atoms with Crippen molar-refractivity contribution in [3.63, 3.8) is 0 Å². The summed E-state index contributed by atoms with van der Waals surface area (Å²) < 4.78 is 38.6. The Kier molecular flexibility index (Phi) is 5.09. The van der Waals surface area contributed by atoms with E-state index < -0.39 is 17.3 Å². The molecule has 3 heterocycles. The molecule has 3 rings (SSSR count). The standard InChI is InChI=1S/C16H15ClF3N5O2/c1-24-5-4-10(6-13(24)26)23-11-8-22-25(15(27)14(11)17)12-3-2-9(7-21-12)16(18,19)20/h2-3,7-8,10,23H,4-6H2,1H3. The summed E-state index contributed by atoms with van der Waals surface area (Å²) in [4.78, 5) is 29.4. The monoisotopic (exact) mass is 401 g/mol. The molecule has 0 radical (unpaired) electrons. The number of carbonyl (C=O) groups is 1. The Morgan fingerprint density at radius 1 is 1.26 bits per heavy atom. The maximum Gasteiger partial charge on any atom is 0.417 e. The van der Waals surface area contributed by atoms with E-state index in [0.717, 1.165) is 16.8 Å². The summed E-state index contributed by atoms with van der Waals surface area (Å²) in [6, 6.07) is 1.66. The van der Waals surface area contributed by atoms with Crippen LogP contribution in [-0.4, -0.2) is 45.2 Å². The van der Waals surface area contributed by atoms with Gasteiger partial charge in [-0.05, 0) is 18.6 Å². The molecule has 11 heteroatoms. The zero-order chi connectivity index (χ0) is 19.8. The highest BCUT2D eigenvalue weighted by Crippen LogP contribution is 2.28. The van der Waals surface area contributed by atoms with Gasteiger partial charge in [-0.3, -0.25) is 9.59 Å². The molecule has 2 aromatic heterocycles. The van der Waals surface area contributed by atoms with Gasteiger partial charge in [0.15, 0.2) is 5.82 Å². The highest BCUT2D eigenvalue weighted by Gasteiger charge is 2.31. The highest BCUT2D eigenvalue weighted by atomic mass is 35.5. The molecule has 0 aromatic carbocycles. The first-order valence-electron chi connectivity index (χ1n) is 7.99. The lowest BCUT2D eigenvalue weighted by Gasteiger charge is -2.29. The Morgan fingerprint density at radius 3 is 2.59 bits per heavy atom. The summed E-state index contributed by atoms with van der Waals surface area (Å²) in [5.41, 5.74) is -1.41.